The van der Waals surface area contributed by atoms with Gasteiger partial charge in [0.1, 0.15) is 10.9 Å². The normalized spacial score (nSPS) is 20.8. The second kappa shape index (κ2) is 8.91. The van der Waals surface area contributed by atoms with Crippen LogP contribution in [0.3, 0.4) is 0 Å². The maximum atomic E-state index is 13.0. The quantitative estimate of drug-likeness (QED) is 0.666. The van der Waals surface area contributed by atoms with Crippen LogP contribution in [0.15, 0.2) is 23.1 Å². The highest BCUT2D eigenvalue weighted by Gasteiger charge is 2.34. The Bertz CT molecular complexity index is 918. The van der Waals surface area contributed by atoms with Gasteiger partial charge in [0, 0.05) is 32.1 Å². The average Bonchev–Trinajstić information content (AvgIpc) is 3.35. The maximum Gasteiger partial charge on any atom is 0.245 e. The number of likely N-dealkylation sites (tertiary alicyclic amines) is 1. The number of para-hydroxylation sites is 1. The molecule has 1 radical (unpaired) electrons. The summed E-state index contributed by atoms with van der Waals surface area (Å²) in [5.41, 5.74) is 0.406. The largest absolute Gasteiger partial charge is 0.493 e. The van der Waals surface area contributed by atoms with E-state index in [4.69, 9.17) is 4.74 Å². The number of sulfonamides is 1. The van der Waals surface area contributed by atoms with Crippen LogP contribution in [0, 0.1) is 6.92 Å². The van der Waals surface area contributed by atoms with Crippen molar-refractivity contribution in [2.45, 2.75) is 36.2 Å². The molecule has 2 heterocycles. The van der Waals surface area contributed by atoms with Crippen LogP contribution in [0.4, 0.5) is 5.69 Å². The van der Waals surface area contributed by atoms with Crippen molar-refractivity contribution in [3.63, 3.8) is 0 Å². The van der Waals surface area contributed by atoms with Crippen molar-refractivity contribution in [3.8, 4) is 5.75 Å². The van der Waals surface area contributed by atoms with Crippen molar-refractivity contribution >= 4 is 27.5 Å². The van der Waals surface area contributed by atoms with Crippen molar-refractivity contribution in [1.29, 1.82) is 0 Å². The summed E-state index contributed by atoms with van der Waals surface area (Å²) in [6.45, 7) is 5.33. The van der Waals surface area contributed by atoms with Gasteiger partial charge in [-0.05, 0) is 46.0 Å². The predicted octanol–water partition coefficient (Wildman–Crippen LogP) is 0.465. The minimum atomic E-state index is -4.11. The molecule has 0 bridgehead atoms. The highest BCUT2D eigenvalue weighted by Crippen LogP contribution is 2.36. The molecular formula is C20H29N4O5S. The lowest BCUT2D eigenvalue weighted by atomic mass is 10.2. The van der Waals surface area contributed by atoms with Crippen LogP contribution >= 0.6 is 0 Å². The summed E-state index contributed by atoms with van der Waals surface area (Å²) in [7, 11) is 1.15. The molecule has 0 aromatic heterocycles. The van der Waals surface area contributed by atoms with E-state index >= 15 is 0 Å². The third kappa shape index (κ3) is 4.45. The van der Waals surface area contributed by atoms with Gasteiger partial charge in [0.15, 0.2) is 5.75 Å². The number of nitrogens with one attached hydrogen (secondary N) is 1. The van der Waals surface area contributed by atoms with E-state index in [1.54, 1.807) is 17.0 Å². The van der Waals surface area contributed by atoms with Gasteiger partial charge in [-0.15, -0.1) is 0 Å². The van der Waals surface area contributed by atoms with Crippen molar-refractivity contribution in [3.05, 3.63) is 25.1 Å². The fraction of sp³-hybridized carbons (Fsp3) is 0.550. The molecule has 2 amide bonds. The molecule has 9 nitrogen and oxygen atoms in total. The summed E-state index contributed by atoms with van der Waals surface area (Å²) in [6, 6.07) is 3.67. The molecule has 0 aliphatic carbocycles. The number of rotatable bonds is 7. The number of carbonyl (C=O) groups excluding carboxylic acids is 2. The minimum absolute atomic E-state index is 0.0775. The molecule has 30 heavy (non-hydrogen) atoms. The molecule has 1 aromatic rings. The summed E-state index contributed by atoms with van der Waals surface area (Å²) in [6.07, 6.45) is 1.95. The van der Waals surface area contributed by atoms with Crippen LogP contribution in [0.1, 0.15) is 19.3 Å². The smallest absolute Gasteiger partial charge is 0.245 e. The lowest BCUT2D eigenvalue weighted by molar-refractivity contribution is -0.131. The highest BCUT2D eigenvalue weighted by molar-refractivity contribution is 7.89. The number of nitrogens with zero attached hydrogens (tertiary/aromatic N) is 3. The Morgan fingerprint density at radius 2 is 2.07 bits per heavy atom. The summed E-state index contributed by atoms with van der Waals surface area (Å²) in [5.74, 6) is -0.369. The van der Waals surface area contributed by atoms with Gasteiger partial charge in [-0.3, -0.25) is 9.59 Å². The number of methoxy groups -OCH3 is 1. The Balaban J connectivity index is 1.80. The van der Waals surface area contributed by atoms with E-state index in [1.807, 2.05) is 19.0 Å². The zero-order valence-corrected chi connectivity index (χ0v) is 18.4. The Kier molecular flexibility index (Phi) is 6.68. The SMILES string of the molecule is [CH2][C@H](NS(=O)(=O)c1cccc(N2CCCC2=O)c1OC)C(=O)N1CC[C@H](N(C)C)C1. The molecule has 2 atom stereocenters. The van der Waals surface area contributed by atoms with E-state index in [9.17, 15) is 18.0 Å². The molecule has 2 aliphatic heterocycles. The Morgan fingerprint density at radius 3 is 2.63 bits per heavy atom. The zero-order chi connectivity index (χ0) is 22.1. The summed E-state index contributed by atoms with van der Waals surface area (Å²) in [4.78, 5) is 29.9. The summed E-state index contributed by atoms with van der Waals surface area (Å²) in [5, 5.41) is 0. The fourth-order valence-corrected chi connectivity index (χ4v) is 5.21. The minimum Gasteiger partial charge on any atom is -0.493 e. The van der Waals surface area contributed by atoms with Gasteiger partial charge in [-0.1, -0.05) is 6.07 Å². The lowest BCUT2D eigenvalue weighted by Gasteiger charge is -2.24. The first kappa shape index (κ1) is 22.5. The molecule has 3 rings (SSSR count). The third-order valence-corrected chi connectivity index (χ3v) is 7.11. The highest BCUT2D eigenvalue weighted by atomic mass is 32.2. The van der Waals surface area contributed by atoms with Crippen LogP contribution < -0.4 is 14.4 Å². The molecule has 1 aromatic carbocycles. The first-order valence-electron chi connectivity index (χ1n) is 9.93. The first-order valence-corrected chi connectivity index (χ1v) is 11.4. The molecule has 1 N–H and O–H groups in total. The van der Waals surface area contributed by atoms with E-state index in [0.717, 1.165) is 6.42 Å². The zero-order valence-electron chi connectivity index (χ0n) is 17.6. The van der Waals surface area contributed by atoms with Crippen LogP contribution in [-0.4, -0.2) is 83.0 Å². The van der Waals surface area contributed by atoms with Crippen LogP contribution in [0.5, 0.6) is 5.75 Å². The molecule has 2 fully saturated rings. The van der Waals surface area contributed by atoms with E-state index in [0.29, 0.717) is 38.2 Å². The average molecular weight is 438 g/mol. The Labute approximate surface area is 178 Å². The number of hydrogen-bond donors (Lipinski definition) is 1. The second-order valence-electron chi connectivity index (χ2n) is 7.82. The predicted molar refractivity (Wildman–Crippen MR) is 113 cm³/mol. The molecule has 0 saturated carbocycles. The van der Waals surface area contributed by atoms with E-state index in [2.05, 4.69) is 11.6 Å². The van der Waals surface area contributed by atoms with Gasteiger partial charge >= 0.3 is 0 Å². The monoisotopic (exact) mass is 437 g/mol. The van der Waals surface area contributed by atoms with Crippen LogP contribution in [0.25, 0.3) is 0 Å². The van der Waals surface area contributed by atoms with Crippen molar-refractivity contribution in [1.82, 2.24) is 14.5 Å². The molecular weight excluding hydrogens is 408 g/mol. The van der Waals surface area contributed by atoms with Gasteiger partial charge in [-0.25, -0.2) is 8.42 Å². The molecule has 2 aliphatic rings. The standard InChI is InChI=1S/C20H29N4O5S/c1-14(20(26)23-12-10-15(13-23)22(2)3)21-30(27,28)17-8-5-7-16(19(17)29-4)24-11-6-9-18(24)25/h5,7-8,14-15,21H,1,6,9-13H2,2-4H3/t14-,15-/m0/s1. The Hall–Kier alpha value is -2.17. The van der Waals surface area contributed by atoms with Gasteiger partial charge in [0.25, 0.3) is 0 Å². The molecule has 2 saturated heterocycles. The Morgan fingerprint density at radius 1 is 1.33 bits per heavy atom. The van der Waals surface area contributed by atoms with Crippen LogP contribution in [0.2, 0.25) is 0 Å². The topological polar surface area (TPSA) is 99.3 Å². The number of hydrogen-bond acceptors (Lipinski definition) is 6. The number of carbonyl (C=O) groups is 2. The van der Waals surface area contributed by atoms with Gasteiger partial charge in [0.2, 0.25) is 21.8 Å². The van der Waals surface area contributed by atoms with E-state index in [-0.39, 0.29) is 28.5 Å². The molecule has 165 valence electrons. The fourth-order valence-electron chi connectivity index (χ4n) is 3.92. The van der Waals surface area contributed by atoms with Crippen LogP contribution in [-0.2, 0) is 19.6 Å². The van der Waals surface area contributed by atoms with Gasteiger partial charge in [-0.2, -0.15) is 4.72 Å². The summed E-state index contributed by atoms with van der Waals surface area (Å²) >= 11 is 0. The van der Waals surface area contributed by atoms with Crippen molar-refractivity contribution in [2.24, 2.45) is 0 Å². The number of likely N-dealkylation sites (N-methyl/N-ethyl adjacent to an activating group) is 1. The number of amides is 2. The number of anilines is 1. The van der Waals surface area contributed by atoms with Crippen molar-refractivity contribution < 1.29 is 22.7 Å². The first-order chi connectivity index (χ1) is 14.2. The van der Waals surface area contributed by atoms with Gasteiger partial charge in [0.05, 0.1) is 12.8 Å². The number of benzene rings is 1. The second-order valence-corrected chi connectivity index (χ2v) is 9.50. The number of ether oxygens (including phenoxy) is 1. The summed E-state index contributed by atoms with van der Waals surface area (Å²) < 4.78 is 33.8. The lowest BCUT2D eigenvalue weighted by Crippen LogP contribution is -2.47. The van der Waals surface area contributed by atoms with Gasteiger partial charge < -0.3 is 19.4 Å². The van der Waals surface area contributed by atoms with Crippen molar-refractivity contribution in [2.75, 3.05) is 45.7 Å². The molecule has 0 spiro atoms. The van der Waals surface area contributed by atoms with E-state index in [1.165, 1.54) is 18.1 Å². The maximum absolute atomic E-state index is 13.0. The molecule has 0 unspecified atom stereocenters. The molecule has 10 heteroatoms. The van der Waals surface area contributed by atoms with E-state index < -0.39 is 16.1 Å². The third-order valence-electron chi connectivity index (χ3n) is 5.62.